The second-order valence-corrected chi connectivity index (χ2v) is 3.61. The molecule has 0 bridgehead atoms. The van der Waals surface area contributed by atoms with Crippen LogP contribution in [0.4, 0.5) is 0 Å². The van der Waals surface area contributed by atoms with E-state index in [9.17, 15) is 14.4 Å². The Morgan fingerprint density at radius 2 is 1.61 bits per heavy atom. The number of H-pyrrole nitrogens is 2. The molecule has 0 unspecified atom stereocenters. The SMILES string of the molecule is O=c1[nH]c(=O)n(CC=Cc2ccccc2)c(=O)[nH]1. The van der Waals surface area contributed by atoms with Gasteiger partial charge in [-0.25, -0.2) is 19.0 Å². The molecule has 18 heavy (non-hydrogen) atoms. The Kier molecular flexibility index (Phi) is 3.38. The number of rotatable bonds is 3. The molecule has 0 aliphatic heterocycles. The zero-order valence-corrected chi connectivity index (χ0v) is 9.42. The topological polar surface area (TPSA) is 87.7 Å². The summed E-state index contributed by atoms with van der Waals surface area (Å²) in [5.41, 5.74) is -1.28. The lowest BCUT2D eigenvalue weighted by Gasteiger charge is -1.98. The summed E-state index contributed by atoms with van der Waals surface area (Å²) in [6.45, 7) is 0.0971. The molecular weight excluding hydrogens is 234 g/mol. The fourth-order valence-corrected chi connectivity index (χ4v) is 1.48. The van der Waals surface area contributed by atoms with Gasteiger partial charge in [0.15, 0.2) is 0 Å². The van der Waals surface area contributed by atoms with Crippen LogP contribution < -0.4 is 17.1 Å². The van der Waals surface area contributed by atoms with Crippen molar-refractivity contribution in [2.45, 2.75) is 6.54 Å². The van der Waals surface area contributed by atoms with Gasteiger partial charge in [-0.1, -0.05) is 42.5 Å². The Hall–Kier alpha value is -2.63. The van der Waals surface area contributed by atoms with Crippen LogP contribution in [0.25, 0.3) is 6.08 Å². The maximum Gasteiger partial charge on any atom is 0.333 e. The highest BCUT2D eigenvalue weighted by atomic mass is 16.2. The van der Waals surface area contributed by atoms with Crippen molar-refractivity contribution in [3.63, 3.8) is 0 Å². The van der Waals surface area contributed by atoms with E-state index in [2.05, 4.69) is 0 Å². The fourth-order valence-electron chi connectivity index (χ4n) is 1.48. The van der Waals surface area contributed by atoms with Crippen molar-refractivity contribution in [2.75, 3.05) is 0 Å². The van der Waals surface area contributed by atoms with Crippen molar-refractivity contribution in [3.05, 3.63) is 73.4 Å². The van der Waals surface area contributed by atoms with Gasteiger partial charge in [0.1, 0.15) is 0 Å². The summed E-state index contributed by atoms with van der Waals surface area (Å²) < 4.78 is 0.904. The third-order valence-electron chi connectivity index (χ3n) is 2.33. The van der Waals surface area contributed by atoms with Crippen LogP contribution in [-0.2, 0) is 6.54 Å². The Morgan fingerprint density at radius 3 is 2.22 bits per heavy atom. The second-order valence-electron chi connectivity index (χ2n) is 3.61. The molecule has 0 saturated heterocycles. The Balaban J connectivity index is 2.22. The molecule has 0 amide bonds. The predicted molar refractivity (Wildman–Crippen MR) is 67.4 cm³/mol. The van der Waals surface area contributed by atoms with E-state index in [-0.39, 0.29) is 6.54 Å². The number of aromatic amines is 2. The molecular formula is C12H11N3O3. The van der Waals surface area contributed by atoms with Gasteiger partial charge in [-0.3, -0.25) is 9.97 Å². The van der Waals surface area contributed by atoms with Crippen LogP contribution in [0, 0.1) is 0 Å². The number of hydrogen-bond donors (Lipinski definition) is 2. The molecule has 0 radical (unpaired) electrons. The van der Waals surface area contributed by atoms with Crippen LogP contribution in [-0.4, -0.2) is 14.5 Å². The minimum absolute atomic E-state index is 0.0971. The van der Waals surface area contributed by atoms with E-state index >= 15 is 0 Å². The normalized spacial score (nSPS) is 10.9. The van der Waals surface area contributed by atoms with Crippen LogP contribution in [0.15, 0.2) is 50.8 Å². The number of nitrogens with zero attached hydrogens (tertiary/aromatic N) is 1. The van der Waals surface area contributed by atoms with Crippen molar-refractivity contribution < 1.29 is 0 Å². The molecule has 0 saturated carbocycles. The molecule has 0 aliphatic rings. The molecule has 0 atom stereocenters. The van der Waals surface area contributed by atoms with Gasteiger partial charge in [0.2, 0.25) is 0 Å². The number of aromatic nitrogens is 3. The monoisotopic (exact) mass is 245 g/mol. The van der Waals surface area contributed by atoms with Crippen LogP contribution in [0.1, 0.15) is 5.56 Å². The first kappa shape index (κ1) is 11.8. The van der Waals surface area contributed by atoms with E-state index in [1.165, 1.54) is 0 Å². The molecule has 2 N–H and O–H groups in total. The van der Waals surface area contributed by atoms with Gasteiger partial charge in [-0.15, -0.1) is 0 Å². The van der Waals surface area contributed by atoms with Gasteiger partial charge in [-0.05, 0) is 5.56 Å². The largest absolute Gasteiger partial charge is 0.333 e. The molecule has 6 heteroatoms. The molecule has 92 valence electrons. The molecule has 0 aliphatic carbocycles. The van der Waals surface area contributed by atoms with Crippen molar-refractivity contribution in [1.82, 2.24) is 14.5 Å². The molecule has 0 spiro atoms. The van der Waals surface area contributed by atoms with Crippen molar-refractivity contribution in [1.29, 1.82) is 0 Å². The number of allylic oxidation sites excluding steroid dienone is 1. The zero-order valence-electron chi connectivity index (χ0n) is 9.42. The summed E-state index contributed by atoms with van der Waals surface area (Å²) in [4.78, 5) is 37.5. The summed E-state index contributed by atoms with van der Waals surface area (Å²) in [6, 6.07) is 9.47. The molecule has 2 rings (SSSR count). The first-order chi connectivity index (χ1) is 8.66. The average Bonchev–Trinajstić information content (AvgIpc) is 2.34. The summed E-state index contributed by atoms with van der Waals surface area (Å²) in [5.74, 6) is 0. The summed E-state index contributed by atoms with van der Waals surface area (Å²) in [5, 5.41) is 0. The summed E-state index contributed by atoms with van der Waals surface area (Å²) >= 11 is 0. The van der Waals surface area contributed by atoms with Crippen LogP contribution in [0.3, 0.4) is 0 Å². The van der Waals surface area contributed by atoms with Crippen LogP contribution >= 0.6 is 0 Å². The van der Waals surface area contributed by atoms with E-state index < -0.39 is 17.1 Å². The maximum absolute atomic E-state index is 11.4. The standard InChI is InChI=1S/C12H11N3O3/c16-10-13-11(17)15(12(18)14-10)8-4-7-9-5-2-1-3-6-9/h1-7H,8H2,(H2,13,14,16,17,18). The second kappa shape index (κ2) is 5.13. The van der Waals surface area contributed by atoms with Gasteiger partial charge >= 0.3 is 17.1 Å². The molecule has 0 fully saturated rings. The molecule has 1 aromatic heterocycles. The lowest BCUT2D eigenvalue weighted by atomic mass is 10.2. The third kappa shape index (κ3) is 2.73. The lowest BCUT2D eigenvalue weighted by molar-refractivity contribution is 0.665. The number of nitrogens with one attached hydrogen (secondary N) is 2. The third-order valence-corrected chi connectivity index (χ3v) is 2.33. The van der Waals surface area contributed by atoms with Gasteiger partial charge in [0.25, 0.3) is 0 Å². The van der Waals surface area contributed by atoms with Crippen LogP contribution in [0.2, 0.25) is 0 Å². The smallest absolute Gasteiger partial charge is 0.259 e. The van der Waals surface area contributed by atoms with Gasteiger partial charge < -0.3 is 0 Å². The Bertz CT molecular complexity index is 688. The fraction of sp³-hybridized carbons (Fsp3) is 0.0833. The van der Waals surface area contributed by atoms with E-state index in [1.807, 2.05) is 40.3 Å². The maximum atomic E-state index is 11.4. The quantitative estimate of drug-likeness (QED) is 0.794. The average molecular weight is 245 g/mol. The van der Waals surface area contributed by atoms with Crippen molar-refractivity contribution >= 4 is 6.08 Å². The highest BCUT2D eigenvalue weighted by molar-refractivity contribution is 5.48. The number of benzene rings is 1. The highest BCUT2D eigenvalue weighted by Crippen LogP contribution is 2.00. The Morgan fingerprint density at radius 1 is 1.00 bits per heavy atom. The summed E-state index contributed by atoms with van der Waals surface area (Å²) in [6.07, 6.45) is 3.46. The first-order valence-electron chi connectivity index (χ1n) is 5.32. The highest BCUT2D eigenvalue weighted by Gasteiger charge is 1.99. The molecule has 2 aromatic rings. The molecule has 1 heterocycles. The molecule has 6 nitrogen and oxygen atoms in total. The van der Waals surface area contributed by atoms with Crippen molar-refractivity contribution in [2.24, 2.45) is 0 Å². The predicted octanol–water partition coefficient (Wildman–Crippen LogP) is -0.0617. The van der Waals surface area contributed by atoms with E-state index in [0.29, 0.717) is 0 Å². The lowest BCUT2D eigenvalue weighted by Crippen LogP contribution is -2.42. The van der Waals surface area contributed by atoms with Crippen LogP contribution in [0.5, 0.6) is 0 Å². The van der Waals surface area contributed by atoms with E-state index in [0.717, 1.165) is 10.1 Å². The van der Waals surface area contributed by atoms with E-state index in [4.69, 9.17) is 0 Å². The van der Waals surface area contributed by atoms with E-state index in [1.54, 1.807) is 12.2 Å². The van der Waals surface area contributed by atoms with Crippen molar-refractivity contribution in [3.8, 4) is 0 Å². The van der Waals surface area contributed by atoms with Gasteiger partial charge in [0.05, 0.1) is 6.54 Å². The minimum atomic E-state index is -0.798. The molecule has 1 aromatic carbocycles. The first-order valence-corrected chi connectivity index (χ1v) is 5.32. The minimum Gasteiger partial charge on any atom is -0.259 e. The Labute approximate surface area is 101 Å². The van der Waals surface area contributed by atoms with Gasteiger partial charge in [0, 0.05) is 0 Å². The zero-order chi connectivity index (χ0) is 13.0. The number of hydrogen-bond acceptors (Lipinski definition) is 3. The van der Waals surface area contributed by atoms with Gasteiger partial charge in [-0.2, -0.15) is 0 Å². The summed E-state index contributed by atoms with van der Waals surface area (Å²) in [7, 11) is 0.